The first kappa shape index (κ1) is 18.6. The Morgan fingerprint density at radius 1 is 1.08 bits per heavy atom. The van der Waals surface area contributed by atoms with Crippen molar-refractivity contribution in [1.29, 1.82) is 0 Å². The molecule has 0 saturated carbocycles. The number of nitrogens with one attached hydrogen (secondary N) is 2. The minimum atomic E-state index is -0.505. The van der Waals surface area contributed by atoms with Crippen molar-refractivity contribution in [1.82, 2.24) is 0 Å². The molecule has 0 spiro atoms. The van der Waals surface area contributed by atoms with Crippen molar-refractivity contribution in [3.63, 3.8) is 0 Å². The molecule has 2 aromatic carbocycles. The highest BCUT2D eigenvalue weighted by molar-refractivity contribution is 6.33. The van der Waals surface area contributed by atoms with Gasteiger partial charge >= 0.3 is 5.97 Å². The third kappa shape index (κ3) is 4.87. The van der Waals surface area contributed by atoms with Crippen molar-refractivity contribution in [2.75, 3.05) is 31.4 Å². The maximum absolute atomic E-state index is 12.2. The third-order valence-corrected chi connectivity index (χ3v) is 3.79. The smallest absolute Gasteiger partial charge is 0.337 e. The van der Waals surface area contributed by atoms with E-state index in [0.717, 1.165) is 5.56 Å². The fourth-order valence-electron chi connectivity index (χ4n) is 2.20. The highest BCUT2D eigenvalue weighted by Gasteiger charge is 2.12. The van der Waals surface area contributed by atoms with Crippen LogP contribution in [0.25, 0.3) is 0 Å². The Morgan fingerprint density at radius 2 is 1.84 bits per heavy atom. The van der Waals surface area contributed by atoms with Crippen LogP contribution in [-0.4, -0.2) is 32.6 Å². The zero-order valence-corrected chi connectivity index (χ0v) is 14.9. The summed E-state index contributed by atoms with van der Waals surface area (Å²) in [5.74, 6) is -0.175. The molecule has 0 radical (unpaired) electrons. The Kier molecular flexibility index (Phi) is 6.25. The topological polar surface area (TPSA) is 76.7 Å². The number of ether oxygens (including phenoxy) is 2. The van der Waals surface area contributed by atoms with E-state index in [1.807, 2.05) is 25.1 Å². The average Bonchev–Trinajstić information content (AvgIpc) is 2.61. The lowest BCUT2D eigenvalue weighted by Gasteiger charge is -2.13. The van der Waals surface area contributed by atoms with Gasteiger partial charge in [0.15, 0.2) is 0 Å². The molecule has 0 fully saturated rings. The van der Waals surface area contributed by atoms with E-state index in [-0.39, 0.29) is 12.5 Å². The zero-order chi connectivity index (χ0) is 18.4. The summed E-state index contributed by atoms with van der Waals surface area (Å²) < 4.78 is 9.91. The number of benzene rings is 2. The summed E-state index contributed by atoms with van der Waals surface area (Å²) in [6.45, 7) is 1.96. The molecule has 0 saturated heterocycles. The molecule has 2 aromatic rings. The molecule has 0 atom stereocenters. The van der Waals surface area contributed by atoms with Crippen molar-refractivity contribution in [3.05, 3.63) is 52.5 Å². The van der Waals surface area contributed by atoms with E-state index in [9.17, 15) is 9.59 Å². The molecule has 6 nitrogen and oxygen atoms in total. The predicted octanol–water partition coefficient (Wildman–Crippen LogP) is 3.49. The average molecular weight is 363 g/mol. The molecule has 0 aliphatic rings. The Balaban J connectivity index is 2.06. The Labute approximate surface area is 151 Å². The van der Waals surface area contributed by atoms with E-state index in [4.69, 9.17) is 16.3 Å². The van der Waals surface area contributed by atoms with E-state index in [1.165, 1.54) is 25.3 Å². The maximum Gasteiger partial charge on any atom is 0.337 e. The fourth-order valence-corrected chi connectivity index (χ4v) is 2.36. The number of esters is 1. The number of carbonyl (C=O) groups is 2. The van der Waals surface area contributed by atoms with Crippen LogP contribution in [0.1, 0.15) is 15.9 Å². The summed E-state index contributed by atoms with van der Waals surface area (Å²) in [5, 5.41) is 6.02. The van der Waals surface area contributed by atoms with Gasteiger partial charge in [0.1, 0.15) is 5.75 Å². The maximum atomic E-state index is 12.2. The second-order valence-electron chi connectivity index (χ2n) is 5.29. The molecular formula is C18H19ClN2O4. The van der Waals surface area contributed by atoms with Crippen LogP contribution in [0.3, 0.4) is 0 Å². The van der Waals surface area contributed by atoms with Crippen LogP contribution in [-0.2, 0) is 9.53 Å². The van der Waals surface area contributed by atoms with Gasteiger partial charge in [0, 0.05) is 0 Å². The van der Waals surface area contributed by atoms with Crippen LogP contribution in [0, 0.1) is 6.92 Å². The van der Waals surface area contributed by atoms with E-state index in [2.05, 4.69) is 15.4 Å². The molecule has 0 heterocycles. The summed E-state index contributed by atoms with van der Waals surface area (Å²) in [7, 11) is 2.85. The van der Waals surface area contributed by atoms with E-state index in [0.29, 0.717) is 27.7 Å². The van der Waals surface area contributed by atoms with Gasteiger partial charge in [-0.05, 0) is 42.8 Å². The Morgan fingerprint density at radius 3 is 2.52 bits per heavy atom. The van der Waals surface area contributed by atoms with Crippen LogP contribution in [0.4, 0.5) is 11.4 Å². The van der Waals surface area contributed by atoms with Crippen molar-refractivity contribution >= 4 is 34.9 Å². The lowest BCUT2D eigenvalue weighted by atomic mass is 10.2. The molecule has 7 heteroatoms. The Hall–Kier alpha value is -2.73. The van der Waals surface area contributed by atoms with Gasteiger partial charge in [0.2, 0.25) is 5.91 Å². The number of carbonyl (C=O) groups excluding carboxylic acids is 2. The Bertz CT molecular complexity index is 793. The van der Waals surface area contributed by atoms with Crippen LogP contribution in [0.5, 0.6) is 5.75 Å². The van der Waals surface area contributed by atoms with Gasteiger partial charge in [-0.15, -0.1) is 0 Å². The monoisotopic (exact) mass is 362 g/mol. The summed E-state index contributed by atoms with van der Waals surface area (Å²) in [6.07, 6.45) is 0. The number of anilines is 2. The summed E-state index contributed by atoms with van der Waals surface area (Å²) in [6, 6.07) is 10.2. The van der Waals surface area contributed by atoms with Gasteiger partial charge < -0.3 is 20.1 Å². The molecule has 2 N–H and O–H groups in total. The number of methoxy groups -OCH3 is 2. The van der Waals surface area contributed by atoms with E-state index in [1.54, 1.807) is 7.11 Å². The molecule has 1 amide bonds. The van der Waals surface area contributed by atoms with Gasteiger partial charge in [-0.25, -0.2) is 4.79 Å². The zero-order valence-electron chi connectivity index (χ0n) is 14.2. The highest BCUT2D eigenvalue weighted by atomic mass is 35.5. The third-order valence-electron chi connectivity index (χ3n) is 3.46. The van der Waals surface area contributed by atoms with Crippen LogP contribution >= 0.6 is 11.6 Å². The van der Waals surface area contributed by atoms with Crippen LogP contribution < -0.4 is 15.4 Å². The number of halogens is 1. The summed E-state index contributed by atoms with van der Waals surface area (Å²) >= 11 is 6.07. The molecule has 132 valence electrons. The molecular weight excluding hydrogens is 344 g/mol. The van der Waals surface area contributed by atoms with Gasteiger partial charge in [0.25, 0.3) is 0 Å². The number of aryl methyl sites for hydroxylation is 1. The van der Waals surface area contributed by atoms with E-state index < -0.39 is 5.97 Å². The number of hydrogen-bond donors (Lipinski definition) is 2. The second kappa shape index (κ2) is 8.39. The second-order valence-corrected chi connectivity index (χ2v) is 5.70. The lowest BCUT2D eigenvalue weighted by Crippen LogP contribution is -2.22. The first-order valence-corrected chi connectivity index (χ1v) is 7.88. The van der Waals surface area contributed by atoms with Gasteiger partial charge in [-0.1, -0.05) is 17.7 Å². The standard InChI is InChI=1S/C18H19ClN2O4/c1-11-4-7-16(24-2)15(8-11)20-10-17(22)21-14-9-12(18(23)25-3)5-6-13(14)19/h4-9,20H,10H2,1-3H3,(H,21,22). The molecule has 0 aromatic heterocycles. The van der Waals surface area contributed by atoms with Crippen molar-refractivity contribution < 1.29 is 19.1 Å². The lowest BCUT2D eigenvalue weighted by molar-refractivity contribution is -0.114. The summed E-state index contributed by atoms with van der Waals surface area (Å²) in [5.41, 5.74) is 2.40. The number of hydrogen-bond acceptors (Lipinski definition) is 5. The van der Waals surface area contributed by atoms with Crippen molar-refractivity contribution in [3.8, 4) is 5.75 Å². The van der Waals surface area contributed by atoms with Crippen molar-refractivity contribution in [2.45, 2.75) is 6.92 Å². The van der Waals surface area contributed by atoms with E-state index >= 15 is 0 Å². The SMILES string of the molecule is COC(=O)c1ccc(Cl)c(NC(=O)CNc2cc(C)ccc2OC)c1. The molecule has 2 rings (SSSR count). The minimum Gasteiger partial charge on any atom is -0.495 e. The number of amides is 1. The largest absolute Gasteiger partial charge is 0.495 e. The quantitative estimate of drug-likeness (QED) is 0.769. The van der Waals surface area contributed by atoms with Gasteiger partial charge in [0.05, 0.1) is 42.7 Å². The normalized spacial score (nSPS) is 10.1. The van der Waals surface area contributed by atoms with Gasteiger partial charge in [-0.2, -0.15) is 0 Å². The van der Waals surface area contributed by atoms with Gasteiger partial charge in [-0.3, -0.25) is 4.79 Å². The minimum absolute atomic E-state index is 0.0125. The molecule has 25 heavy (non-hydrogen) atoms. The molecule has 0 aliphatic heterocycles. The molecule has 0 unspecified atom stereocenters. The first-order chi connectivity index (χ1) is 11.9. The van der Waals surface area contributed by atoms with Crippen LogP contribution in [0.15, 0.2) is 36.4 Å². The molecule has 0 bridgehead atoms. The highest BCUT2D eigenvalue weighted by Crippen LogP contribution is 2.26. The molecule has 0 aliphatic carbocycles. The fraction of sp³-hybridized carbons (Fsp3) is 0.222. The number of rotatable bonds is 6. The first-order valence-electron chi connectivity index (χ1n) is 7.51. The summed E-state index contributed by atoms with van der Waals surface area (Å²) in [4.78, 5) is 23.8. The predicted molar refractivity (Wildman–Crippen MR) is 97.6 cm³/mol. The van der Waals surface area contributed by atoms with Crippen LogP contribution in [0.2, 0.25) is 5.02 Å². The van der Waals surface area contributed by atoms with Crippen molar-refractivity contribution in [2.24, 2.45) is 0 Å².